The van der Waals surface area contributed by atoms with Crippen LogP contribution in [-0.4, -0.2) is 38.1 Å². The van der Waals surface area contributed by atoms with Crippen LogP contribution in [0.2, 0.25) is 0 Å². The Morgan fingerprint density at radius 1 is 0.458 bits per heavy atom. The second kappa shape index (κ2) is 41.9. The molecule has 0 bridgehead atoms. The van der Waals surface area contributed by atoms with Gasteiger partial charge in [0.05, 0.1) is 29.2 Å². The first-order valence-electron chi connectivity index (χ1n) is 24.0. The van der Waals surface area contributed by atoms with E-state index in [4.69, 9.17) is 9.47 Å². The summed E-state index contributed by atoms with van der Waals surface area (Å²) < 4.78 is 45.9. The quantitative estimate of drug-likeness (QED) is 0.0212. The van der Waals surface area contributed by atoms with Crippen LogP contribution in [0.3, 0.4) is 0 Å². The molecule has 59 heavy (non-hydrogen) atoms. The zero-order valence-corrected chi connectivity index (χ0v) is 41.1. The smallest absolute Gasteiger partial charge is 0.744 e. The Kier molecular flexibility index (Phi) is 40.9. The molecule has 7 nitrogen and oxygen atoms in total. The first kappa shape index (κ1) is 57.5. The van der Waals surface area contributed by atoms with E-state index in [2.05, 4.69) is 38.2 Å². The third kappa shape index (κ3) is 34.8. The van der Waals surface area contributed by atoms with Gasteiger partial charge in [-0.1, -0.05) is 192 Å². The van der Waals surface area contributed by atoms with Crippen LogP contribution in [0.1, 0.15) is 253 Å². The number of benzene rings is 1. The molecule has 1 aromatic rings. The van der Waals surface area contributed by atoms with E-state index in [0.717, 1.165) is 82.4 Å². The third-order valence-corrected chi connectivity index (χ3v) is 11.8. The Morgan fingerprint density at radius 2 is 0.746 bits per heavy atom. The van der Waals surface area contributed by atoms with Crippen molar-refractivity contribution >= 4 is 22.1 Å². The van der Waals surface area contributed by atoms with E-state index in [1.165, 1.54) is 141 Å². The van der Waals surface area contributed by atoms with Crippen LogP contribution in [0, 0.1) is 0 Å². The second-order valence-electron chi connectivity index (χ2n) is 16.4. The summed E-state index contributed by atoms with van der Waals surface area (Å²) in [5.41, 5.74) is -0.356. The number of hydrogen-bond acceptors (Lipinski definition) is 7. The van der Waals surface area contributed by atoms with Gasteiger partial charge in [-0.05, 0) is 82.4 Å². The number of unbranched alkanes of at least 4 members (excludes halogenated alkanes) is 30. The minimum Gasteiger partial charge on any atom is -0.744 e. The molecular formula is C50H85NaO7S. The fourth-order valence-electron chi connectivity index (χ4n) is 7.27. The van der Waals surface area contributed by atoms with Crippen molar-refractivity contribution in [3.63, 3.8) is 0 Å². The zero-order chi connectivity index (χ0) is 42.2. The Balaban J connectivity index is 0.0000336. The first-order chi connectivity index (χ1) is 28.3. The average Bonchev–Trinajstić information content (AvgIpc) is 3.21. The van der Waals surface area contributed by atoms with Crippen LogP contribution in [0.25, 0.3) is 0 Å². The molecule has 9 heteroatoms. The summed E-state index contributed by atoms with van der Waals surface area (Å²) >= 11 is 0. The van der Waals surface area contributed by atoms with Crippen LogP contribution in [0.15, 0.2) is 47.4 Å². The van der Waals surface area contributed by atoms with Crippen LogP contribution in [0.4, 0.5) is 0 Å². The second-order valence-corrected chi connectivity index (χ2v) is 17.8. The fraction of sp³-hybridized carbons (Fsp3) is 0.760. The van der Waals surface area contributed by atoms with Crippen molar-refractivity contribution in [1.82, 2.24) is 0 Å². The topological polar surface area (TPSA) is 110 Å². The van der Waals surface area contributed by atoms with Crippen molar-refractivity contribution < 1.29 is 61.6 Å². The van der Waals surface area contributed by atoms with E-state index >= 15 is 0 Å². The van der Waals surface area contributed by atoms with E-state index in [0.29, 0.717) is 12.8 Å². The molecule has 0 aromatic heterocycles. The number of allylic oxidation sites excluding steroid dienone is 4. The molecule has 1 aromatic carbocycles. The summed E-state index contributed by atoms with van der Waals surface area (Å²) in [4.78, 5) is 25.3. The number of hydrogen-bond donors (Lipinski definition) is 0. The maximum atomic E-state index is 13.0. The van der Waals surface area contributed by atoms with Gasteiger partial charge in [0.1, 0.15) is 10.1 Å². The Morgan fingerprint density at radius 3 is 1.07 bits per heavy atom. The van der Waals surface area contributed by atoms with Crippen LogP contribution in [0.5, 0.6) is 0 Å². The van der Waals surface area contributed by atoms with Gasteiger partial charge in [0, 0.05) is 0 Å². The maximum absolute atomic E-state index is 13.0. The van der Waals surface area contributed by atoms with Gasteiger partial charge in [-0.15, -0.1) is 0 Å². The van der Waals surface area contributed by atoms with Crippen molar-refractivity contribution in [2.24, 2.45) is 0 Å². The Labute approximate surface area is 385 Å². The number of rotatable bonds is 41. The molecule has 0 saturated heterocycles. The van der Waals surface area contributed by atoms with Gasteiger partial charge < -0.3 is 14.0 Å². The number of carbonyl (C=O) groups is 2. The summed E-state index contributed by atoms with van der Waals surface area (Å²) in [6.45, 7) is 4.87. The van der Waals surface area contributed by atoms with Gasteiger partial charge >= 0.3 is 41.5 Å². The molecule has 0 fully saturated rings. The largest absolute Gasteiger partial charge is 1.00 e. The molecule has 0 atom stereocenters. The molecular weight excluding hydrogens is 768 g/mol. The van der Waals surface area contributed by atoms with E-state index in [1.807, 2.05) is 0 Å². The molecule has 0 saturated carbocycles. The maximum Gasteiger partial charge on any atom is 1.00 e. The fourth-order valence-corrected chi connectivity index (χ4v) is 7.77. The monoisotopic (exact) mass is 853 g/mol. The van der Waals surface area contributed by atoms with E-state index in [9.17, 15) is 22.6 Å². The van der Waals surface area contributed by atoms with Crippen molar-refractivity contribution in [1.29, 1.82) is 0 Å². The van der Waals surface area contributed by atoms with Gasteiger partial charge in [0.25, 0.3) is 0 Å². The van der Waals surface area contributed by atoms with Gasteiger partial charge in [-0.25, -0.2) is 18.0 Å². The summed E-state index contributed by atoms with van der Waals surface area (Å²) in [5.74, 6) is -1.57. The minimum absolute atomic E-state index is 0. The SMILES string of the molecule is CCCCCCCCCCCCC/C=C/CCCCCCOC(=O)c1ccc(S(=O)(=O)[O-])cc1C(=O)OCCCCCC/C=C/CCCCCCCCCCCCC.[Na+]. The molecule has 1 rings (SSSR count). The first-order valence-corrected chi connectivity index (χ1v) is 25.5. The van der Waals surface area contributed by atoms with Gasteiger partial charge in [0.2, 0.25) is 0 Å². The molecule has 0 unspecified atom stereocenters. The van der Waals surface area contributed by atoms with Crippen LogP contribution in [-0.2, 0) is 19.6 Å². The molecule has 0 heterocycles. The van der Waals surface area contributed by atoms with Crippen molar-refractivity contribution in [3.8, 4) is 0 Å². The minimum atomic E-state index is -4.82. The normalized spacial score (nSPS) is 11.7. The summed E-state index contributed by atoms with van der Waals surface area (Å²) in [5, 5.41) is 0. The summed E-state index contributed by atoms with van der Waals surface area (Å²) in [6, 6.07) is 3.12. The molecule has 0 N–H and O–H groups in total. The predicted octanol–water partition coefficient (Wildman–Crippen LogP) is 12.3. The summed E-state index contributed by atoms with van der Waals surface area (Å²) in [6.07, 6.45) is 50.9. The van der Waals surface area contributed by atoms with Gasteiger partial charge in [-0.3, -0.25) is 0 Å². The molecule has 0 amide bonds. The number of esters is 2. The Hall–Kier alpha value is -1.45. The molecule has 0 aliphatic carbocycles. The van der Waals surface area contributed by atoms with E-state index in [1.54, 1.807) is 0 Å². The molecule has 0 aliphatic heterocycles. The molecule has 0 spiro atoms. The molecule has 334 valence electrons. The summed E-state index contributed by atoms with van der Waals surface area (Å²) in [7, 11) is -4.82. The van der Waals surface area contributed by atoms with E-state index < -0.39 is 27.0 Å². The number of carbonyl (C=O) groups excluding carboxylic acids is 2. The predicted molar refractivity (Wildman–Crippen MR) is 242 cm³/mol. The van der Waals surface area contributed by atoms with Crippen LogP contribution >= 0.6 is 0 Å². The molecule has 0 aliphatic rings. The third-order valence-electron chi connectivity index (χ3n) is 11.0. The van der Waals surface area contributed by atoms with Gasteiger partial charge in [0.15, 0.2) is 0 Å². The van der Waals surface area contributed by atoms with E-state index in [-0.39, 0.29) is 53.9 Å². The van der Waals surface area contributed by atoms with Crippen molar-refractivity contribution in [2.45, 2.75) is 237 Å². The number of ether oxygens (including phenoxy) is 2. The van der Waals surface area contributed by atoms with Crippen molar-refractivity contribution in [2.75, 3.05) is 13.2 Å². The average molecular weight is 853 g/mol. The molecule has 0 radical (unpaired) electrons. The van der Waals surface area contributed by atoms with Crippen molar-refractivity contribution in [3.05, 3.63) is 53.6 Å². The zero-order valence-electron chi connectivity index (χ0n) is 38.3. The van der Waals surface area contributed by atoms with Gasteiger partial charge in [-0.2, -0.15) is 0 Å². The van der Waals surface area contributed by atoms with Crippen LogP contribution < -0.4 is 29.6 Å². The standard InChI is InChI=1S/C50H86O7S.Na/c1-3-5-7-9-11-13-15-17-19-21-23-25-27-29-31-33-35-37-39-43-56-49(51)47-42-41-46(58(53,54)55)45-48(47)50(52)57-44-40-38-36-34-32-30-28-26-24-22-20-18-16-14-12-10-8-6-4-2;/h27-30,41-42,45H,3-26,31-40,43-44H2,1-2H3,(H,53,54,55);/q;+1/p-1/b29-27+,30-28+;. The Bertz CT molecular complexity index is 1310.